The van der Waals surface area contributed by atoms with Gasteiger partial charge in [-0.3, -0.25) is 4.79 Å². The number of thiophene rings is 1. The van der Waals surface area contributed by atoms with Crippen molar-refractivity contribution in [1.82, 2.24) is 5.32 Å². The molecule has 2 aromatic rings. The van der Waals surface area contributed by atoms with Gasteiger partial charge in [-0.25, -0.2) is 4.79 Å². The number of nitrogens with one attached hydrogen (secondary N) is 2. The van der Waals surface area contributed by atoms with Crippen LogP contribution in [-0.2, 0) is 22.4 Å². The molecule has 150 valence electrons. The highest BCUT2D eigenvalue weighted by molar-refractivity contribution is 7.17. The number of hydrogen-bond donors (Lipinski definition) is 2. The lowest BCUT2D eigenvalue weighted by molar-refractivity contribution is -0.115. The first-order valence-corrected chi connectivity index (χ1v) is 10.8. The molecule has 0 bridgehead atoms. The molecule has 0 unspecified atom stereocenters. The Morgan fingerprint density at radius 3 is 2.64 bits per heavy atom. The summed E-state index contributed by atoms with van der Waals surface area (Å²) in [4.78, 5) is 26.3. The maximum Gasteiger partial charge on any atom is 0.341 e. The molecule has 1 aromatic carbocycles. The Balaban J connectivity index is 1.70. The van der Waals surface area contributed by atoms with Crippen LogP contribution in [0.4, 0.5) is 5.00 Å². The molecule has 1 amide bonds. The number of carbonyl (C=O) groups is 2. The van der Waals surface area contributed by atoms with Gasteiger partial charge in [0.2, 0.25) is 5.91 Å². The largest absolute Gasteiger partial charge is 0.462 e. The molecule has 1 aliphatic rings. The van der Waals surface area contributed by atoms with Gasteiger partial charge in [0.25, 0.3) is 0 Å². The van der Waals surface area contributed by atoms with Crippen LogP contribution in [0.15, 0.2) is 30.3 Å². The normalized spacial score (nSPS) is 14.6. The third-order valence-electron chi connectivity index (χ3n) is 5.02. The predicted molar refractivity (Wildman–Crippen MR) is 113 cm³/mol. The topological polar surface area (TPSA) is 67.4 Å². The van der Waals surface area contributed by atoms with E-state index in [1.54, 1.807) is 6.92 Å². The number of amides is 1. The predicted octanol–water partition coefficient (Wildman–Crippen LogP) is 4.48. The van der Waals surface area contributed by atoms with E-state index < -0.39 is 0 Å². The molecule has 1 aliphatic carbocycles. The van der Waals surface area contributed by atoms with E-state index in [2.05, 4.69) is 10.6 Å². The SMILES string of the molecule is CCOC(=O)c1c(NC(=O)CN[C@@H](C)c2ccccc2)sc2c1CCCCC2. The molecule has 0 saturated heterocycles. The molecule has 5 nitrogen and oxygen atoms in total. The van der Waals surface area contributed by atoms with E-state index in [0.717, 1.165) is 36.8 Å². The van der Waals surface area contributed by atoms with E-state index in [4.69, 9.17) is 4.74 Å². The minimum atomic E-state index is -0.331. The molecule has 1 heterocycles. The third kappa shape index (κ3) is 5.00. The van der Waals surface area contributed by atoms with E-state index in [-0.39, 0.29) is 24.5 Å². The lowest BCUT2D eigenvalue weighted by Crippen LogP contribution is -2.30. The van der Waals surface area contributed by atoms with Gasteiger partial charge in [0.05, 0.1) is 18.7 Å². The lowest BCUT2D eigenvalue weighted by Gasteiger charge is -2.14. The fourth-order valence-corrected chi connectivity index (χ4v) is 4.82. The van der Waals surface area contributed by atoms with Gasteiger partial charge >= 0.3 is 5.97 Å². The third-order valence-corrected chi connectivity index (χ3v) is 6.23. The number of fused-ring (bicyclic) bond motifs is 1. The molecule has 3 rings (SSSR count). The number of rotatable bonds is 7. The van der Waals surface area contributed by atoms with Crippen molar-refractivity contribution in [3.8, 4) is 0 Å². The van der Waals surface area contributed by atoms with Gasteiger partial charge in [-0.2, -0.15) is 0 Å². The van der Waals surface area contributed by atoms with Crippen molar-refractivity contribution in [2.75, 3.05) is 18.5 Å². The fourth-order valence-electron chi connectivity index (χ4n) is 3.53. The first-order valence-electron chi connectivity index (χ1n) is 10.00. The van der Waals surface area contributed by atoms with Crippen LogP contribution in [0.5, 0.6) is 0 Å². The number of aryl methyl sites for hydroxylation is 1. The zero-order valence-electron chi connectivity index (χ0n) is 16.5. The Kier molecular flexibility index (Phi) is 7.23. The molecule has 0 saturated carbocycles. The summed E-state index contributed by atoms with van der Waals surface area (Å²) in [6.07, 6.45) is 5.20. The Morgan fingerprint density at radius 2 is 1.89 bits per heavy atom. The van der Waals surface area contributed by atoms with Crippen LogP contribution in [0.3, 0.4) is 0 Å². The molecule has 2 N–H and O–H groups in total. The second-order valence-electron chi connectivity index (χ2n) is 7.05. The second kappa shape index (κ2) is 9.85. The van der Waals surface area contributed by atoms with Crippen LogP contribution in [0.1, 0.15) is 65.5 Å². The molecule has 1 aromatic heterocycles. The summed E-state index contributed by atoms with van der Waals surface area (Å²) >= 11 is 1.53. The van der Waals surface area contributed by atoms with Crippen LogP contribution in [0.25, 0.3) is 0 Å². The van der Waals surface area contributed by atoms with Gasteiger partial charge in [0.1, 0.15) is 5.00 Å². The van der Waals surface area contributed by atoms with Crippen molar-refractivity contribution < 1.29 is 14.3 Å². The highest BCUT2D eigenvalue weighted by Crippen LogP contribution is 2.38. The number of benzene rings is 1. The first kappa shape index (κ1) is 20.6. The summed E-state index contributed by atoms with van der Waals surface area (Å²) in [6.45, 7) is 4.34. The molecule has 0 spiro atoms. The Labute approximate surface area is 170 Å². The van der Waals surface area contributed by atoms with Crippen LogP contribution in [0, 0.1) is 0 Å². The van der Waals surface area contributed by atoms with Crippen LogP contribution in [0.2, 0.25) is 0 Å². The van der Waals surface area contributed by atoms with Crippen molar-refractivity contribution >= 4 is 28.2 Å². The molecule has 0 aliphatic heterocycles. The Bertz CT molecular complexity index is 817. The van der Waals surface area contributed by atoms with E-state index in [9.17, 15) is 9.59 Å². The number of hydrogen-bond acceptors (Lipinski definition) is 5. The molecule has 0 radical (unpaired) electrons. The van der Waals surface area contributed by atoms with Gasteiger partial charge in [-0.1, -0.05) is 36.8 Å². The van der Waals surface area contributed by atoms with Crippen molar-refractivity contribution in [2.45, 2.75) is 52.0 Å². The van der Waals surface area contributed by atoms with Gasteiger partial charge in [0.15, 0.2) is 0 Å². The number of ether oxygens (including phenoxy) is 1. The summed E-state index contributed by atoms with van der Waals surface area (Å²) in [6, 6.07) is 10.1. The second-order valence-corrected chi connectivity index (χ2v) is 8.16. The average molecular weight is 401 g/mol. The molecular formula is C22H28N2O3S. The molecule has 28 heavy (non-hydrogen) atoms. The lowest BCUT2D eigenvalue weighted by atomic mass is 10.1. The quantitative estimate of drug-likeness (QED) is 0.531. The highest BCUT2D eigenvalue weighted by atomic mass is 32.1. The average Bonchev–Trinajstić information content (AvgIpc) is 2.87. The van der Waals surface area contributed by atoms with Crippen molar-refractivity contribution in [3.63, 3.8) is 0 Å². The monoisotopic (exact) mass is 400 g/mol. The molecule has 1 atom stereocenters. The summed E-state index contributed by atoms with van der Waals surface area (Å²) in [5.74, 6) is -0.479. The minimum absolute atomic E-state index is 0.0662. The van der Waals surface area contributed by atoms with Crippen LogP contribution in [-0.4, -0.2) is 25.0 Å². The van der Waals surface area contributed by atoms with Gasteiger partial charge in [-0.15, -0.1) is 11.3 Å². The fraction of sp³-hybridized carbons (Fsp3) is 0.455. The van der Waals surface area contributed by atoms with Gasteiger partial charge in [0, 0.05) is 10.9 Å². The smallest absolute Gasteiger partial charge is 0.341 e. The first-order chi connectivity index (χ1) is 13.6. The van der Waals surface area contributed by atoms with Crippen molar-refractivity contribution in [2.24, 2.45) is 0 Å². The highest BCUT2D eigenvalue weighted by Gasteiger charge is 2.26. The van der Waals surface area contributed by atoms with Crippen molar-refractivity contribution in [3.05, 3.63) is 51.9 Å². The standard InChI is InChI=1S/C22H28N2O3S/c1-3-27-22(26)20-17-12-8-5-9-13-18(17)28-21(20)24-19(25)14-23-15(2)16-10-6-4-7-11-16/h4,6-7,10-11,15,23H,3,5,8-9,12-14H2,1-2H3,(H,24,25)/t15-/m0/s1. The molecule has 6 heteroatoms. The van der Waals surface area contributed by atoms with Crippen LogP contribution >= 0.6 is 11.3 Å². The minimum Gasteiger partial charge on any atom is -0.462 e. The number of anilines is 1. The number of carbonyl (C=O) groups excluding carboxylic acids is 2. The molecule has 0 fully saturated rings. The summed E-state index contributed by atoms with van der Waals surface area (Å²) in [7, 11) is 0. The van der Waals surface area contributed by atoms with E-state index in [0.29, 0.717) is 17.2 Å². The van der Waals surface area contributed by atoms with Crippen molar-refractivity contribution in [1.29, 1.82) is 0 Å². The van der Waals surface area contributed by atoms with Gasteiger partial charge in [-0.05, 0) is 50.7 Å². The van der Waals surface area contributed by atoms with E-state index in [1.165, 1.54) is 22.6 Å². The summed E-state index contributed by atoms with van der Waals surface area (Å²) in [5.41, 5.74) is 2.76. The zero-order chi connectivity index (χ0) is 19.9. The van der Waals surface area contributed by atoms with E-state index >= 15 is 0 Å². The Hall–Kier alpha value is -2.18. The maximum absolute atomic E-state index is 12.6. The van der Waals surface area contributed by atoms with E-state index in [1.807, 2.05) is 37.3 Å². The summed E-state index contributed by atoms with van der Waals surface area (Å²) in [5, 5.41) is 6.82. The number of esters is 1. The Morgan fingerprint density at radius 1 is 1.14 bits per heavy atom. The maximum atomic E-state index is 12.6. The zero-order valence-corrected chi connectivity index (χ0v) is 17.4. The molecular weight excluding hydrogens is 372 g/mol. The van der Waals surface area contributed by atoms with Gasteiger partial charge < -0.3 is 15.4 Å². The summed E-state index contributed by atoms with van der Waals surface area (Å²) < 4.78 is 5.27. The van der Waals surface area contributed by atoms with Crippen LogP contribution < -0.4 is 10.6 Å².